The molecule has 3 aromatic rings. The van der Waals surface area contributed by atoms with Crippen LogP contribution in [0, 0.1) is 0 Å². The average Bonchev–Trinajstić information content (AvgIpc) is 2.78. The van der Waals surface area contributed by atoms with Crippen LogP contribution in [0.4, 0.5) is 0 Å². The molecule has 0 aliphatic heterocycles. The second-order valence-corrected chi connectivity index (χ2v) is 4.38. The summed E-state index contributed by atoms with van der Waals surface area (Å²) in [5.41, 5.74) is 2.27. The van der Waals surface area contributed by atoms with Crippen molar-refractivity contribution in [3.05, 3.63) is 34.6 Å². The molecule has 0 spiro atoms. The minimum Gasteiger partial charge on any atom is -0.297 e. The molecule has 3 rings (SSSR count). The topological polar surface area (TPSA) is 17.3 Å². The summed E-state index contributed by atoms with van der Waals surface area (Å²) in [6, 6.07) is 2.09. The van der Waals surface area contributed by atoms with E-state index in [0.29, 0.717) is 0 Å². The fourth-order valence-corrected chi connectivity index (χ4v) is 2.63. The number of hydrogen-bond donors (Lipinski definition) is 0. The number of nitrogens with zero attached hydrogens (tertiary/aromatic N) is 2. The van der Waals surface area contributed by atoms with E-state index in [1.54, 1.807) is 22.7 Å². The lowest BCUT2D eigenvalue weighted by Crippen LogP contribution is -1.69. The van der Waals surface area contributed by atoms with E-state index in [9.17, 15) is 0 Å². The Morgan fingerprint density at radius 3 is 2.93 bits per heavy atom. The van der Waals surface area contributed by atoms with Crippen LogP contribution in [0.2, 0.25) is 0 Å². The summed E-state index contributed by atoms with van der Waals surface area (Å²) in [4.78, 5) is 5.56. The van der Waals surface area contributed by atoms with Gasteiger partial charge >= 0.3 is 0 Å². The van der Waals surface area contributed by atoms with Crippen molar-refractivity contribution < 1.29 is 0 Å². The standard InChI is InChI=1S/C9H6N2S2.BrH/c1-3-12-6-7(1)8-5-11-2-4-13-9(11)10-8;/h1-6H;1H. The molecule has 0 saturated heterocycles. The minimum atomic E-state index is 0. The van der Waals surface area contributed by atoms with Crippen LogP contribution in [0.15, 0.2) is 34.6 Å². The summed E-state index contributed by atoms with van der Waals surface area (Å²) >= 11 is 3.36. The summed E-state index contributed by atoms with van der Waals surface area (Å²) < 4.78 is 2.05. The first-order chi connectivity index (χ1) is 6.43. The first-order valence-electron chi connectivity index (χ1n) is 3.88. The average molecular weight is 287 g/mol. The molecule has 0 aliphatic carbocycles. The largest absolute Gasteiger partial charge is 0.297 e. The molecule has 0 radical (unpaired) electrons. The normalized spacial score (nSPS) is 10.3. The predicted molar refractivity (Wildman–Crippen MR) is 66.7 cm³/mol. The van der Waals surface area contributed by atoms with E-state index in [-0.39, 0.29) is 17.0 Å². The second kappa shape index (κ2) is 3.84. The van der Waals surface area contributed by atoms with Gasteiger partial charge in [0.2, 0.25) is 0 Å². The lowest BCUT2D eigenvalue weighted by Gasteiger charge is -1.85. The molecule has 0 bridgehead atoms. The molecule has 0 fully saturated rings. The molecule has 0 amide bonds. The Labute approximate surface area is 99.6 Å². The van der Waals surface area contributed by atoms with Crippen LogP contribution in [0.3, 0.4) is 0 Å². The summed E-state index contributed by atoms with van der Waals surface area (Å²) in [6.07, 6.45) is 4.09. The maximum Gasteiger partial charge on any atom is 0.194 e. The smallest absolute Gasteiger partial charge is 0.194 e. The highest BCUT2D eigenvalue weighted by atomic mass is 79.9. The van der Waals surface area contributed by atoms with Gasteiger partial charge in [-0.1, -0.05) is 0 Å². The summed E-state index contributed by atoms with van der Waals surface area (Å²) in [5.74, 6) is 0. The SMILES string of the molecule is Br.c1cc(-c2cn3ccsc3n2)cs1. The van der Waals surface area contributed by atoms with Gasteiger partial charge in [-0.25, -0.2) is 4.98 Å². The molecule has 0 N–H and O–H groups in total. The zero-order valence-corrected chi connectivity index (χ0v) is 10.4. The van der Waals surface area contributed by atoms with Gasteiger partial charge in [0.25, 0.3) is 0 Å². The maximum atomic E-state index is 4.50. The first kappa shape index (κ1) is 9.89. The highest BCUT2D eigenvalue weighted by Crippen LogP contribution is 2.23. The highest BCUT2D eigenvalue weighted by Gasteiger charge is 2.04. The third-order valence-corrected chi connectivity index (χ3v) is 3.36. The van der Waals surface area contributed by atoms with Crippen molar-refractivity contribution in [3.63, 3.8) is 0 Å². The van der Waals surface area contributed by atoms with Gasteiger partial charge in [0.15, 0.2) is 4.96 Å². The molecule has 0 aliphatic rings. The number of aromatic nitrogens is 2. The van der Waals surface area contributed by atoms with E-state index >= 15 is 0 Å². The molecule has 0 unspecified atom stereocenters. The van der Waals surface area contributed by atoms with Gasteiger partial charge in [0, 0.05) is 28.7 Å². The Balaban J connectivity index is 0.000000750. The van der Waals surface area contributed by atoms with Gasteiger partial charge < -0.3 is 0 Å². The van der Waals surface area contributed by atoms with Gasteiger partial charge in [-0.15, -0.1) is 28.3 Å². The predicted octanol–water partition coefficient (Wildman–Crippen LogP) is 3.70. The maximum absolute atomic E-state index is 4.50. The van der Waals surface area contributed by atoms with Gasteiger partial charge in [-0.3, -0.25) is 4.40 Å². The van der Waals surface area contributed by atoms with Crippen LogP contribution < -0.4 is 0 Å². The molecule has 2 nitrogen and oxygen atoms in total. The molecule has 72 valence electrons. The van der Waals surface area contributed by atoms with Gasteiger partial charge in [0.1, 0.15) is 0 Å². The lowest BCUT2D eigenvalue weighted by molar-refractivity contribution is 1.23. The number of halogens is 1. The monoisotopic (exact) mass is 286 g/mol. The fourth-order valence-electron chi connectivity index (χ4n) is 1.28. The van der Waals surface area contributed by atoms with Crippen molar-refractivity contribution in [1.29, 1.82) is 0 Å². The number of thiazole rings is 1. The molecule has 3 aromatic heterocycles. The van der Waals surface area contributed by atoms with Crippen molar-refractivity contribution in [2.45, 2.75) is 0 Å². The van der Waals surface area contributed by atoms with Crippen molar-refractivity contribution >= 4 is 44.6 Å². The van der Waals surface area contributed by atoms with Crippen LogP contribution in [-0.2, 0) is 0 Å². The first-order valence-corrected chi connectivity index (χ1v) is 5.70. The summed E-state index contributed by atoms with van der Waals surface area (Å²) in [5, 5.41) is 6.23. The van der Waals surface area contributed by atoms with Crippen molar-refractivity contribution in [1.82, 2.24) is 9.38 Å². The zero-order valence-electron chi connectivity index (χ0n) is 7.08. The van der Waals surface area contributed by atoms with E-state index in [2.05, 4.69) is 32.4 Å². The third kappa shape index (κ3) is 1.51. The van der Waals surface area contributed by atoms with Crippen LogP contribution >= 0.6 is 39.7 Å². The number of fused-ring (bicyclic) bond motifs is 1. The molecule has 3 heterocycles. The molecule has 5 heteroatoms. The van der Waals surface area contributed by atoms with Crippen molar-refractivity contribution in [3.8, 4) is 11.3 Å². The van der Waals surface area contributed by atoms with E-state index in [1.807, 2.05) is 11.6 Å². The van der Waals surface area contributed by atoms with Crippen LogP contribution in [0.25, 0.3) is 16.2 Å². The zero-order chi connectivity index (χ0) is 8.67. The van der Waals surface area contributed by atoms with E-state index < -0.39 is 0 Å². The molecule has 0 atom stereocenters. The van der Waals surface area contributed by atoms with Gasteiger partial charge in [-0.05, 0) is 11.4 Å². The summed E-state index contributed by atoms with van der Waals surface area (Å²) in [7, 11) is 0. The molecule has 14 heavy (non-hydrogen) atoms. The fraction of sp³-hybridized carbons (Fsp3) is 0. The number of imidazole rings is 1. The van der Waals surface area contributed by atoms with E-state index in [0.717, 1.165) is 10.7 Å². The lowest BCUT2D eigenvalue weighted by atomic mass is 10.3. The van der Waals surface area contributed by atoms with E-state index in [1.165, 1.54) is 5.56 Å². The second-order valence-electron chi connectivity index (χ2n) is 2.73. The molecular formula is C9H7BrN2S2. The van der Waals surface area contributed by atoms with Crippen LogP contribution in [-0.4, -0.2) is 9.38 Å². The van der Waals surface area contributed by atoms with E-state index in [4.69, 9.17) is 0 Å². The number of rotatable bonds is 1. The van der Waals surface area contributed by atoms with Gasteiger partial charge in [-0.2, -0.15) is 11.3 Å². The highest BCUT2D eigenvalue weighted by molar-refractivity contribution is 8.93. The molecular weight excluding hydrogens is 280 g/mol. The Kier molecular flexibility index (Phi) is 2.71. The minimum absolute atomic E-state index is 0. The Hall–Kier alpha value is -0.650. The molecule has 0 aromatic carbocycles. The van der Waals surface area contributed by atoms with Crippen LogP contribution in [0.5, 0.6) is 0 Å². The van der Waals surface area contributed by atoms with Crippen LogP contribution in [0.1, 0.15) is 0 Å². The third-order valence-electron chi connectivity index (χ3n) is 1.91. The Bertz CT molecular complexity index is 495. The molecule has 0 saturated carbocycles. The van der Waals surface area contributed by atoms with Crippen molar-refractivity contribution in [2.75, 3.05) is 0 Å². The summed E-state index contributed by atoms with van der Waals surface area (Å²) in [6.45, 7) is 0. The van der Waals surface area contributed by atoms with Crippen molar-refractivity contribution in [2.24, 2.45) is 0 Å². The number of thiophene rings is 1. The quantitative estimate of drug-likeness (QED) is 0.667. The number of hydrogen-bond acceptors (Lipinski definition) is 3. The Morgan fingerprint density at radius 2 is 2.21 bits per heavy atom. The van der Waals surface area contributed by atoms with Gasteiger partial charge in [0.05, 0.1) is 5.69 Å². The Morgan fingerprint density at radius 1 is 1.29 bits per heavy atom.